The van der Waals surface area contributed by atoms with Gasteiger partial charge < -0.3 is 10.5 Å². The summed E-state index contributed by atoms with van der Waals surface area (Å²) in [4.78, 5) is 16.1. The Balaban J connectivity index is 1.85. The molecular formula is C17H16N2O2. The highest BCUT2D eigenvalue weighted by Gasteiger charge is 2.23. The van der Waals surface area contributed by atoms with Crippen molar-refractivity contribution in [1.29, 1.82) is 0 Å². The number of aromatic nitrogens is 1. The number of rotatable bonds is 1. The lowest BCUT2D eigenvalue weighted by molar-refractivity contribution is 0.0926. The van der Waals surface area contributed by atoms with Crippen molar-refractivity contribution in [3.63, 3.8) is 0 Å². The fourth-order valence-corrected chi connectivity index (χ4v) is 3.23. The first kappa shape index (κ1) is 12.7. The van der Waals surface area contributed by atoms with Gasteiger partial charge in [-0.2, -0.15) is 0 Å². The molecule has 1 aromatic carbocycles. The van der Waals surface area contributed by atoms with Gasteiger partial charge in [-0.05, 0) is 28.7 Å². The number of ketones is 1. The van der Waals surface area contributed by atoms with E-state index in [0.29, 0.717) is 19.6 Å². The lowest BCUT2D eigenvalue weighted by Gasteiger charge is -2.24. The molecule has 2 heterocycles. The molecule has 1 aliphatic carbocycles. The number of Topliss-reactive ketones (excluding diaryl/α,β-unsaturated/α-hetero) is 1. The van der Waals surface area contributed by atoms with Crippen LogP contribution < -0.4 is 5.73 Å². The van der Waals surface area contributed by atoms with Crippen LogP contribution in [0.1, 0.15) is 39.5 Å². The summed E-state index contributed by atoms with van der Waals surface area (Å²) in [5.74, 6) is 0.245. The SMILES string of the molecule is NC1COCc2c(-c3ccc4c(c3)CCC4=O)cncc21. The molecule has 2 aromatic rings. The number of nitrogens with two attached hydrogens (primary N) is 1. The third kappa shape index (κ3) is 1.99. The van der Waals surface area contributed by atoms with Crippen LogP contribution in [0.15, 0.2) is 30.6 Å². The Hall–Kier alpha value is -2.04. The van der Waals surface area contributed by atoms with Crippen LogP contribution in [0.5, 0.6) is 0 Å². The molecule has 1 aliphatic heterocycles. The Kier molecular flexibility index (Phi) is 2.87. The van der Waals surface area contributed by atoms with E-state index in [4.69, 9.17) is 10.5 Å². The highest BCUT2D eigenvalue weighted by molar-refractivity contribution is 6.01. The maximum Gasteiger partial charge on any atom is 0.163 e. The second-order valence-corrected chi connectivity index (χ2v) is 5.67. The van der Waals surface area contributed by atoms with Crippen LogP contribution in [0.25, 0.3) is 11.1 Å². The van der Waals surface area contributed by atoms with E-state index in [1.54, 1.807) is 0 Å². The number of aryl methyl sites for hydroxylation is 1. The quantitative estimate of drug-likeness (QED) is 0.871. The van der Waals surface area contributed by atoms with E-state index in [-0.39, 0.29) is 11.8 Å². The summed E-state index contributed by atoms with van der Waals surface area (Å²) in [5.41, 5.74) is 12.4. The molecule has 21 heavy (non-hydrogen) atoms. The molecule has 0 fully saturated rings. The van der Waals surface area contributed by atoms with E-state index in [1.165, 1.54) is 0 Å². The van der Waals surface area contributed by atoms with Crippen molar-refractivity contribution < 1.29 is 9.53 Å². The normalized spacial score (nSPS) is 20.2. The maximum absolute atomic E-state index is 11.7. The average Bonchev–Trinajstić information content (AvgIpc) is 2.88. The largest absolute Gasteiger partial charge is 0.375 e. The van der Waals surface area contributed by atoms with Gasteiger partial charge in [0.25, 0.3) is 0 Å². The molecule has 0 bridgehead atoms. The van der Waals surface area contributed by atoms with E-state index in [2.05, 4.69) is 11.1 Å². The molecule has 1 atom stereocenters. The Morgan fingerprint density at radius 1 is 1.19 bits per heavy atom. The van der Waals surface area contributed by atoms with Crippen molar-refractivity contribution in [2.45, 2.75) is 25.5 Å². The van der Waals surface area contributed by atoms with Gasteiger partial charge in [-0.15, -0.1) is 0 Å². The molecule has 4 heteroatoms. The van der Waals surface area contributed by atoms with Gasteiger partial charge in [-0.1, -0.05) is 18.2 Å². The summed E-state index contributed by atoms with van der Waals surface area (Å²) in [6.45, 7) is 1.10. The Bertz CT molecular complexity index is 740. The Labute approximate surface area is 123 Å². The van der Waals surface area contributed by atoms with Crippen LogP contribution in [0.2, 0.25) is 0 Å². The molecule has 0 amide bonds. The van der Waals surface area contributed by atoms with Crippen LogP contribution in [0.4, 0.5) is 0 Å². The van der Waals surface area contributed by atoms with E-state index < -0.39 is 0 Å². The minimum atomic E-state index is -0.114. The second-order valence-electron chi connectivity index (χ2n) is 5.67. The van der Waals surface area contributed by atoms with E-state index in [0.717, 1.165) is 39.8 Å². The number of hydrogen-bond donors (Lipinski definition) is 1. The summed E-state index contributed by atoms with van der Waals surface area (Å²) in [6.07, 6.45) is 5.15. The minimum Gasteiger partial charge on any atom is -0.375 e. The predicted octanol–water partition coefficient (Wildman–Crippen LogP) is 2.41. The standard InChI is InChI=1S/C17H16N2O2/c18-16-9-21-8-15-13(6-19-7-14(15)16)11-1-3-12-10(5-11)2-4-17(12)20/h1,3,5-7,16H,2,4,8-9,18H2. The van der Waals surface area contributed by atoms with E-state index in [1.807, 2.05) is 24.5 Å². The van der Waals surface area contributed by atoms with Crippen molar-refractivity contribution in [2.75, 3.05) is 6.61 Å². The number of hydrogen-bond acceptors (Lipinski definition) is 4. The molecule has 1 unspecified atom stereocenters. The lowest BCUT2D eigenvalue weighted by Crippen LogP contribution is -2.24. The van der Waals surface area contributed by atoms with Crippen molar-refractivity contribution >= 4 is 5.78 Å². The molecule has 1 aromatic heterocycles. The first-order valence-corrected chi connectivity index (χ1v) is 7.20. The number of benzene rings is 1. The van der Waals surface area contributed by atoms with Crippen molar-refractivity contribution in [3.8, 4) is 11.1 Å². The predicted molar refractivity (Wildman–Crippen MR) is 78.9 cm³/mol. The fraction of sp³-hybridized carbons (Fsp3) is 0.294. The van der Waals surface area contributed by atoms with Gasteiger partial charge >= 0.3 is 0 Å². The zero-order chi connectivity index (χ0) is 14.4. The molecule has 2 N–H and O–H groups in total. The molecule has 106 valence electrons. The van der Waals surface area contributed by atoms with Crippen LogP contribution in [0, 0.1) is 0 Å². The van der Waals surface area contributed by atoms with Crippen molar-refractivity contribution in [3.05, 3.63) is 52.8 Å². The molecule has 2 aliphatic rings. The van der Waals surface area contributed by atoms with Gasteiger partial charge in [0, 0.05) is 29.9 Å². The summed E-state index contributed by atoms with van der Waals surface area (Å²) in [7, 11) is 0. The van der Waals surface area contributed by atoms with Crippen molar-refractivity contribution in [1.82, 2.24) is 4.98 Å². The van der Waals surface area contributed by atoms with Gasteiger partial charge in [-0.25, -0.2) is 0 Å². The zero-order valence-corrected chi connectivity index (χ0v) is 11.6. The van der Waals surface area contributed by atoms with Gasteiger partial charge in [0.1, 0.15) is 0 Å². The first-order chi connectivity index (χ1) is 10.2. The second kappa shape index (κ2) is 4.76. The molecule has 0 spiro atoms. The monoisotopic (exact) mass is 280 g/mol. The highest BCUT2D eigenvalue weighted by atomic mass is 16.5. The molecule has 0 saturated heterocycles. The zero-order valence-electron chi connectivity index (χ0n) is 11.6. The summed E-state index contributed by atoms with van der Waals surface area (Å²) in [5, 5.41) is 0. The Morgan fingerprint density at radius 3 is 3.00 bits per heavy atom. The molecular weight excluding hydrogens is 264 g/mol. The smallest absolute Gasteiger partial charge is 0.163 e. The van der Waals surface area contributed by atoms with Crippen LogP contribution >= 0.6 is 0 Å². The summed E-state index contributed by atoms with van der Waals surface area (Å²) < 4.78 is 5.57. The fourth-order valence-electron chi connectivity index (χ4n) is 3.23. The number of ether oxygens (including phenoxy) is 1. The molecule has 0 radical (unpaired) electrons. The summed E-state index contributed by atoms with van der Waals surface area (Å²) >= 11 is 0. The third-order valence-corrected chi connectivity index (χ3v) is 4.37. The number of carbonyl (C=O) groups is 1. The minimum absolute atomic E-state index is 0.114. The van der Waals surface area contributed by atoms with Crippen LogP contribution in [-0.2, 0) is 17.8 Å². The first-order valence-electron chi connectivity index (χ1n) is 7.20. The Morgan fingerprint density at radius 2 is 2.10 bits per heavy atom. The van der Waals surface area contributed by atoms with Gasteiger partial charge in [0.05, 0.1) is 19.3 Å². The van der Waals surface area contributed by atoms with E-state index >= 15 is 0 Å². The van der Waals surface area contributed by atoms with Gasteiger partial charge in [-0.3, -0.25) is 9.78 Å². The van der Waals surface area contributed by atoms with Crippen LogP contribution in [-0.4, -0.2) is 17.4 Å². The number of fused-ring (bicyclic) bond motifs is 2. The summed E-state index contributed by atoms with van der Waals surface area (Å²) in [6, 6.07) is 5.93. The maximum atomic E-state index is 11.7. The van der Waals surface area contributed by atoms with E-state index in [9.17, 15) is 4.79 Å². The topological polar surface area (TPSA) is 65.2 Å². The molecule has 4 nitrogen and oxygen atoms in total. The average molecular weight is 280 g/mol. The van der Waals surface area contributed by atoms with Gasteiger partial charge in [0.2, 0.25) is 0 Å². The van der Waals surface area contributed by atoms with Crippen LogP contribution in [0.3, 0.4) is 0 Å². The van der Waals surface area contributed by atoms with Crippen molar-refractivity contribution in [2.24, 2.45) is 5.73 Å². The van der Waals surface area contributed by atoms with Gasteiger partial charge in [0.15, 0.2) is 5.78 Å². The molecule has 0 saturated carbocycles. The number of carbonyl (C=O) groups excluding carboxylic acids is 1. The third-order valence-electron chi connectivity index (χ3n) is 4.37. The highest BCUT2D eigenvalue weighted by Crippen LogP contribution is 2.34. The molecule has 4 rings (SSSR count). The lowest BCUT2D eigenvalue weighted by atomic mass is 9.92. The number of pyridine rings is 1. The number of nitrogens with zero attached hydrogens (tertiary/aromatic N) is 1.